The molecule has 0 spiro atoms. The number of nitrogens with zero attached hydrogens (tertiary/aromatic N) is 1. The van der Waals surface area contributed by atoms with Crippen LogP contribution in [-0.2, 0) is 0 Å². The first-order valence-corrected chi connectivity index (χ1v) is 7.56. The molecule has 1 aromatic carbocycles. The Morgan fingerprint density at radius 3 is 3.05 bits per heavy atom. The van der Waals surface area contributed by atoms with Crippen LogP contribution in [0.2, 0.25) is 0 Å². The molecule has 3 nitrogen and oxygen atoms in total. The predicted molar refractivity (Wildman–Crippen MR) is 80.2 cm³/mol. The Kier molecular flexibility index (Phi) is 5.05. The molecule has 2 N–H and O–H groups in total. The van der Waals surface area contributed by atoms with Crippen LogP contribution >= 0.6 is 11.8 Å². The molecule has 1 aliphatic rings. The van der Waals surface area contributed by atoms with Crippen LogP contribution < -0.4 is 5.73 Å². The van der Waals surface area contributed by atoms with E-state index in [-0.39, 0.29) is 18.0 Å². The van der Waals surface area contributed by atoms with Crippen molar-refractivity contribution in [3.05, 3.63) is 35.1 Å². The largest absolute Gasteiger partial charge is 0.337 e. The lowest BCUT2D eigenvalue weighted by Crippen LogP contribution is -2.41. The fourth-order valence-corrected chi connectivity index (χ4v) is 3.11. The number of amides is 1. The third kappa shape index (κ3) is 3.53. The first-order valence-electron chi connectivity index (χ1n) is 6.51. The van der Waals surface area contributed by atoms with Crippen LogP contribution in [0, 0.1) is 17.7 Å². The fraction of sp³-hybridized carbons (Fsp3) is 0.400. The van der Waals surface area contributed by atoms with E-state index in [0.717, 1.165) is 5.75 Å². The van der Waals surface area contributed by atoms with Gasteiger partial charge in [0.1, 0.15) is 5.82 Å². The van der Waals surface area contributed by atoms with Crippen molar-refractivity contribution in [1.82, 2.24) is 4.90 Å². The number of hydrogen-bond donors (Lipinski definition) is 1. The number of benzene rings is 1. The second-order valence-corrected chi connectivity index (χ2v) is 6.18. The molecule has 5 heteroatoms. The molecule has 0 radical (unpaired) electrons. The van der Waals surface area contributed by atoms with E-state index in [1.807, 2.05) is 11.8 Å². The topological polar surface area (TPSA) is 46.3 Å². The number of carbonyl (C=O) groups excluding carboxylic acids is 1. The summed E-state index contributed by atoms with van der Waals surface area (Å²) >= 11 is 1.83. The number of nitrogens with two attached hydrogens (primary N) is 1. The van der Waals surface area contributed by atoms with E-state index in [1.54, 1.807) is 11.0 Å². The minimum absolute atomic E-state index is 0.113. The second-order valence-electron chi connectivity index (χ2n) is 4.63. The molecule has 1 fully saturated rings. The summed E-state index contributed by atoms with van der Waals surface area (Å²) in [6, 6.07) is 4.45. The smallest absolute Gasteiger partial charge is 0.256 e. The first-order chi connectivity index (χ1) is 9.61. The minimum Gasteiger partial charge on any atom is -0.337 e. The lowest BCUT2D eigenvalue weighted by molar-refractivity contribution is 0.0758. The van der Waals surface area contributed by atoms with Crippen molar-refractivity contribution in [2.45, 2.75) is 12.2 Å². The van der Waals surface area contributed by atoms with E-state index in [4.69, 9.17) is 5.73 Å². The molecule has 1 unspecified atom stereocenters. The maximum absolute atomic E-state index is 14.0. The van der Waals surface area contributed by atoms with E-state index in [0.29, 0.717) is 23.9 Å². The molecular weight excluding hydrogens is 275 g/mol. The maximum Gasteiger partial charge on any atom is 0.256 e. The van der Waals surface area contributed by atoms with Gasteiger partial charge in [-0.2, -0.15) is 11.8 Å². The van der Waals surface area contributed by atoms with Gasteiger partial charge in [-0.1, -0.05) is 18.8 Å². The van der Waals surface area contributed by atoms with Crippen molar-refractivity contribution in [3.8, 4) is 11.8 Å². The van der Waals surface area contributed by atoms with Gasteiger partial charge in [-0.05, 0) is 18.2 Å². The predicted octanol–water partition coefficient (Wildman–Crippen LogP) is 1.71. The maximum atomic E-state index is 14.0. The van der Waals surface area contributed by atoms with E-state index in [1.165, 1.54) is 12.1 Å². The molecule has 20 heavy (non-hydrogen) atoms. The third-order valence-electron chi connectivity index (χ3n) is 3.06. The molecule has 1 heterocycles. The summed E-state index contributed by atoms with van der Waals surface area (Å²) in [5.41, 5.74) is 5.92. The second kappa shape index (κ2) is 6.78. The van der Waals surface area contributed by atoms with E-state index in [2.05, 4.69) is 18.8 Å². The van der Waals surface area contributed by atoms with Crippen molar-refractivity contribution in [1.29, 1.82) is 0 Å². The van der Waals surface area contributed by atoms with Gasteiger partial charge >= 0.3 is 0 Å². The zero-order chi connectivity index (χ0) is 14.5. The Bertz CT molecular complexity index is 565. The molecule has 1 aliphatic heterocycles. The zero-order valence-corrected chi connectivity index (χ0v) is 12.2. The molecule has 2 rings (SSSR count). The van der Waals surface area contributed by atoms with Gasteiger partial charge in [0.15, 0.2) is 0 Å². The number of hydrogen-bond acceptors (Lipinski definition) is 3. The SMILES string of the molecule is CC1CN(C(=O)c2ccc(C#CCN)cc2F)CCS1. The Morgan fingerprint density at radius 2 is 2.40 bits per heavy atom. The van der Waals surface area contributed by atoms with Gasteiger partial charge < -0.3 is 10.6 Å². The van der Waals surface area contributed by atoms with Crippen LogP contribution in [0.25, 0.3) is 0 Å². The lowest BCUT2D eigenvalue weighted by Gasteiger charge is -2.30. The molecule has 1 aromatic rings. The van der Waals surface area contributed by atoms with Gasteiger partial charge in [-0.25, -0.2) is 4.39 Å². The fourth-order valence-electron chi connectivity index (χ4n) is 2.09. The Labute approximate surface area is 122 Å². The average Bonchev–Trinajstić information content (AvgIpc) is 2.44. The Balaban J connectivity index is 2.17. The highest BCUT2D eigenvalue weighted by molar-refractivity contribution is 7.99. The van der Waals surface area contributed by atoms with Gasteiger partial charge in [0, 0.05) is 29.7 Å². The van der Waals surface area contributed by atoms with Gasteiger partial charge in [0.05, 0.1) is 12.1 Å². The average molecular weight is 292 g/mol. The van der Waals surface area contributed by atoms with Gasteiger partial charge in [0.2, 0.25) is 0 Å². The van der Waals surface area contributed by atoms with Gasteiger partial charge in [-0.3, -0.25) is 4.79 Å². The van der Waals surface area contributed by atoms with Crippen LogP contribution in [0.5, 0.6) is 0 Å². The number of rotatable bonds is 1. The Morgan fingerprint density at radius 1 is 1.60 bits per heavy atom. The summed E-state index contributed by atoms with van der Waals surface area (Å²) in [6.07, 6.45) is 0. The lowest BCUT2D eigenvalue weighted by atomic mass is 10.1. The van der Waals surface area contributed by atoms with E-state index in [9.17, 15) is 9.18 Å². The van der Waals surface area contributed by atoms with Crippen molar-refractivity contribution in [3.63, 3.8) is 0 Å². The summed E-state index contributed by atoms with van der Waals surface area (Å²) in [7, 11) is 0. The number of thioether (sulfide) groups is 1. The minimum atomic E-state index is -0.523. The third-order valence-corrected chi connectivity index (χ3v) is 4.20. The summed E-state index contributed by atoms with van der Waals surface area (Å²) in [6.45, 7) is 3.64. The molecule has 0 aliphatic carbocycles. The molecular formula is C15H17FN2OS. The molecule has 0 saturated carbocycles. The van der Waals surface area contributed by atoms with Gasteiger partial charge in [0.25, 0.3) is 5.91 Å². The van der Waals surface area contributed by atoms with Crippen molar-refractivity contribution >= 4 is 17.7 Å². The van der Waals surface area contributed by atoms with Crippen LogP contribution in [0.1, 0.15) is 22.8 Å². The zero-order valence-electron chi connectivity index (χ0n) is 11.4. The summed E-state index contributed by atoms with van der Waals surface area (Å²) < 4.78 is 14.0. The molecule has 1 amide bonds. The summed E-state index contributed by atoms with van der Waals surface area (Å²) in [4.78, 5) is 14.0. The first kappa shape index (κ1) is 14.9. The molecule has 0 bridgehead atoms. The van der Waals surface area contributed by atoms with Crippen molar-refractivity contribution in [2.75, 3.05) is 25.4 Å². The summed E-state index contributed by atoms with van der Waals surface area (Å²) in [5, 5.41) is 0.394. The highest BCUT2D eigenvalue weighted by Crippen LogP contribution is 2.20. The molecule has 1 atom stereocenters. The van der Waals surface area contributed by atoms with Crippen LogP contribution in [0.3, 0.4) is 0 Å². The van der Waals surface area contributed by atoms with Crippen LogP contribution in [0.4, 0.5) is 4.39 Å². The highest BCUT2D eigenvalue weighted by Gasteiger charge is 2.24. The van der Waals surface area contributed by atoms with Crippen LogP contribution in [0.15, 0.2) is 18.2 Å². The quantitative estimate of drug-likeness (QED) is 0.802. The molecule has 0 aromatic heterocycles. The normalized spacial score (nSPS) is 18.4. The molecule has 1 saturated heterocycles. The van der Waals surface area contributed by atoms with Crippen molar-refractivity contribution < 1.29 is 9.18 Å². The van der Waals surface area contributed by atoms with Crippen LogP contribution in [-0.4, -0.2) is 41.4 Å². The highest BCUT2D eigenvalue weighted by atomic mass is 32.2. The number of halogens is 1. The molecule has 106 valence electrons. The number of carbonyl (C=O) groups is 1. The van der Waals surface area contributed by atoms with E-state index < -0.39 is 5.82 Å². The summed E-state index contributed by atoms with van der Waals surface area (Å²) in [5.74, 6) is 5.55. The Hall–Kier alpha value is -1.51. The van der Waals surface area contributed by atoms with Crippen molar-refractivity contribution in [2.24, 2.45) is 5.73 Å². The van der Waals surface area contributed by atoms with E-state index >= 15 is 0 Å². The monoisotopic (exact) mass is 292 g/mol. The van der Waals surface area contributed by atoms with Gasteiger partial charge in [-0.15, -0.1) is 0 Å². The standard InChI is InChI=1S/C15H17FN2OS/c1-11-10-18(7-8-20-11)15(19)13-5-4-12(3-2-6-17)9-14(13)16/h4-5,9,11H,6-8,10,17H2,1H3.